The molecule has 8 nitrogen and oxygen atoms in total. The first-order chi connectivity index (χ1) is 14.0. The minimum absolute atomic E-state index is 0. The van der Waals surface area contributed by atoms with Crippen LogP contribution >= 0.6 is 24.0 Å². The van der Waals surface area contributed by atoms with Crippen molar-refractivity contribution in [2.24, 2.45) is 12.0 Å². The first-order valence-corrected chi connectivity index (χ1v) is 9.69. The summed E-state index contributed by atoms with van der Waals surface area (Å²) < 4.78 is 15.0. The number of aromatic nitrogens is 2. The molecule has 2 aromatic rings. The first-order valence-electron chi connectivity index (χ1n) is 9.69. The van der Waals surface area contributed by atoms with Crippen LogP contribution in [0.5, 0.6) is 0 Å². The molecule has 1 aliphatic heterocycles. The molecular weight excluding hydrogens is 500 g/mol. The van der Waals surface area contributed by atoms with Gasteiger partial charge in [0.1, 0.15) is 12.4 Å². The monoisotopic (exact) mass is 529 g/mol. The van der Waals surface area contributed by atoms with Crippen molar-refractivity contribution in [2.75, 3.05) is 56.6 Å². The van der Waals surface area contributed by atoms with Gasteiger partial charge in [-0.05, 0) is 24.6 Å². The van der Waals surface area contributed by atoms with E-state index in [0.29, 0.717) is 19.6 Å². The maximum absolute atomic E-state index is 13.3. The third-order valence-corrected chi connectivity index (χ3v) is 4.94. The van der Waals surface area contributed by atoms with E-state index in [2.05, 4.69) is 15.4 Å². The number of carbonyl (C=O) groups excluding carboxylic acids is 1. The maximum atomic E-state index is 13.3. The Hall–Kier alpha value is -2.37. The van der Waals surface area contributed by atoms with Gasteiger partial charge in [0.15, 0.2) is 5.96 Å². The van der Waals surface area contributed by atoms with Crippen molar-refractivity contribution in [3.63, 3.8) is 0 Å². The summed E-state index contributed by atoms with van der Waals surface area (Å²) in [5.74, 6) is 0.513. The number of carbonyl (C=O) groups is 1. The van der Waals surface area contributed by atoms with E-state index in [9.17, 15) is 9.18 Å². The molecule has 0 saturated carbocycles. The van der Waals surface area contributed by atoms with Gasteiger partial charge in [0.25, 0.3) is 0 Å². The lowest BCUT2D eigenvalue weighted by Crippen LogP contribution is -2.55. The van der Waals surface area contributed by atoms with E-state index in [1.807, 2.05) is 36.2 Å². The minimum atomic E-state index is -0.233. The Bertz CT molecular complexity index is 872. The van der Waals surface area contributed by atoms with Gasteiger partial charge < -0.3 is 20.0 Å². The van der Waals surface area contributed by atoms with Crippen molar-refractivity contribution in [3.8, 4) is 0 Å². The highest BCUT2D eigenvalue weighted by molar-refractivity contribution is 14.0. The smallest absolute Gasteiger partial charge is 0.246 e. The van der Waals surface area contributed by atoms with Gasteiger partial charge in [-0.1, -0.05) is 6.07 Å². The summed E-state index contributed by atoms with van der Waals surface area (Å²) in [6.45, 7) is 3.05. The van der Waals surface area contributed by atoms with Gasteiger partial charge in [0.05, 0.1) is 11.9 Å². The molecular formula is C20H29FIN7O. The normalized spacial score (nSPS) is 14.5. The molecule has 1 aromatic carbocycles. The van der Waals surface area contributed by atoms with Crippen LogP contribution in [0.2, 0.25) is 0 Å². The predicted molar refractivity (Wildman–Crippen MR) is 128 cm³/mol. The van der Waals surface area contributed by atoms with Gasteiger partial charge in [0, 0.05) is 59.2 Å². The molecule has 1 N–H and O–H groups in total. The summed E-state index contributed by atoms with van der Waals surface area (Å²) in [5, 5.41) is 7.46. The molecule has 0 bridgehead atoms. The number of nitrogens with zero attached hydrogens (tertiary/aromatic N) is 6. The number of anilines is 2. The highest BCUT2D eigenvalue weighted by Crippen LogP contribution is 2.16. The van der Waals surface area contributed by atoms with Gasteiger partial charge in [-0.2, -0.15) is 5.10 Å². The number of amides is 1. The standard InChI is InChI=1S/C20H28FN7O.HI/c1-22-20(23-8-5-9-25(2)17-7-4-6-16(21)12-17)27-10-11-28(19(29)15-27)18-13-24-26(3)14-18;/h4,6-7,12-14H,5,8-11,15H2,1-3H3,(H,22,23);1H. The fourth-order valence-corrected chi connectivity index (χ4v) is 3.37. The fraction of sp³-hybridized carbons (Fsp3) is 0.450. The van der Waals surface area contributed by atoms with Crippen LogP contribution in [-0.4, -0.2) is 73.4 Å². The summed E-state index contributed by atoms with van der Waals surface area (Å²) >= 11 is 0. The largest absolute Gasteiger partial charge is 0.374 e. The molecule has 3 rings (SSSR count). The van der Waals surface area contributed by atoms with Crippen molar-refractivity contribution in [1.82, 2.24) is 20.0 Å². The molecule has 1 aliphatic rings. The van der Waals surface area contributed by atoms with Crippen molar-refractivity contribution in [1.29, 1.82) is 0 Å². The zero-order valence-electron chi connectivity index (χ0n) is 17.6. The third kappa shape index (κ3) is 6.07. The molecule has 164 valence electrons. The first kappa shape index (κ1) is 23.9. The van der Waals surface area contributed by atoms with E-state index in [-0.39, 0.29) is 42.2 Å². The molecule has 30 heavy (non-hydrogen) atoms. The van der Waals surface area contributed by atoms with Crippen LogP contribution in [0.3, 0.4) is 0 Å². The predicted octanol–water partition coefficient (Wildman–Crippen LogP) is 1.93. The summed E-state index contributed by atoms with van der Waals surface area (Å²) in [5.41, 5.74) is 1.67. The van der Waals surface area contributed by atoms with Crippen molar-refractivity contribution in [3.05, 3.63) is 42.5 Å². The van der Waals surface area contributed by atoms with Crippen LogP contribution in [0.15, 0.2) is 41.7 Å². The second-order valence-corrected chi connectivity index (χ2v) is 7.07. The molecule has 1 fully saturated rings. The number of aliphatic imine (C=N–C) groups is 1. The molecule has 0 spiro atoms. The van der Waals surface area contributed by atoms with Crippen molar-refractivity contribution >= 4 is 47.2 Å². The number of halogens is 2. The summed E-state index contributed by atoms with van der Waals surface area (Å²) in [6.07, 6.45) is 4.40. The highest BCUT2D eigenvalue weighted by Gasteiger charge is 2.27. The average molecular weight is 529 g/mol. The van der Waals surface area contributed by atoms with Gasteiger partial charge >= 0.3 is 0 Å². The molecule has 1 amide bonds. The Labute approximate surface area is 193 Å². The van der Waals surface area contributed by atoms with Crippen LogP contribution in [0.1, 0.15) is 6.42 Å². The van der Waals surface area contributed by atoms with Crippen LogP contribution in [0.25, 0.3) is 0 Å². The molecule has 1 aromatic heterocycles. The van der Waals surface area contributed by atoms with Gasteiger partial charge in [0.2, 0.25) is 5.91 Å². The summed E-state index contributed by atoms with van der Waals surface area (Å²) in [4.78, 5) is 22.6. The lowest BCUT2D eigenvalue weighted by atomic mass is 10.2. The molecule has 0 aliphatic carbocycles. The van der Waals surface area contributed by atoms with Crippen molar-refractivity contribution < 1.29 is 9.18 Å². The van der Waals surface area contributed by atoms with Crippen LogP contribution in [0, 0.1) is 5.82 Å². The number of piperazine rings is 1. The summed E-state index contributed by atoms with van der Waals surface area (Å²) in [7, 11) is 5.50. The SMILES string of the molecule is CN=C(NCCCN(C)c1cccc(F)c1)N1CCN(c2cnn(C)c2)C(=O)C1.I. The van der Waals surface area contributed by atoms with E-state index in [1.165, 1.54) is 12.1 Å². The van der Waals surface area contributed by atoms with Gasteiger partial charge in [-0.25, -0.2) is 4.39 Å². The van der Waals surface area contributed by atoms with Crippen molar-refractivity contribution in [2.45, 2.75) is 6.42 Å². The topological polar surface area (TPSA) is 69.0 Å². The third-order valence-electron chi connectivity index (χ3n) is 4.94. The Morgan fingerprint density at radius 1 is 1.37 bits per heavy atom. The van der Waals surface area contributed by atoms with E-state index >= 15 is 0 Å². The Kier molecular flexibility index (Phi) is 8.88. The molecule has 0 unspecified atom stereocenters. The zero-order chi connectivity index (χ0) is 20.8. The fourth-order valence-electron chi connectivity index (χ4n) is 3.37. The quantitative estimate of drug-likeness (QED) is 0.268. The van der Waals surface area contributed by atoms with E-state index in [4.69, 9.17) is 0 Å². The van der Waals surface area contributed by atoms with Crippen LogP contribution in [-0.2, 0) is 11.8 Å². The van der Waals surface area contributed by atoms with Gasteiger partial charge in [-0.15, -0.1) is 24.0 Å². The lowest BCUT2D eigenvalue weighted by Gasteiger charge is -2.35. The second-order valence-electron chi connectivity index (χ2n) is 7.07. The molecule has 2 heterocycles. The number of aryl methyl sites for hydroxylation is 1. The van der Waals surface area contributed by atoms with Gasteiger partial charge in [-0.3, -0.25) is 14.5 Å². The highest BCUT2D eigenvalue weighted by atomic mass is 127. The Morgan fingerprint density at radius 2 is 2.17 bits per heavy atom. The molecule has 1 saturated heterocycles. The maximum Gasteiger partial charge on any atom is 0.246 e. The molecule has 0 atom stereocenters. The lowest BCUT2D eigenvalue weighted by molar-refractivity contribution is -0.120. The van der Waals surface area contributed by atoms with E-state index in [1.54, 1.807) is 28.9 Å². The van der Waals surface area contributed by atoms with Crippen LogP contribution < -0.4 is 15.1 Å². The Balaban J connectivity index is 0.00000320. The van der Waals surface area contributed by atoms with E-state index < -0.39 is 0 Å². The molecule has 0 radical (unpaired) electrons. The number of hydrogen-bond acceptors (Lipinski definition) is 4. The van der Waals surface area contributed by atoms with E-state index in [0.717, 1.165) is 30.3 Å². The Morgan fingerprint density at radius 3 is 2.80 bits per heavy atom. The van der Waals surface area contributed by atoms with Crippen LogP contribution in [0.4, 0.5) is 15.8 Å². The number of nitrogens with one attached hydrogen (secondary N) is 1. The number of benzene rings is 1. The number of hydrogen-bond donors (Lipinski definition) is 1. The minimum Gasteiger partial charge on any atom is -0.374 e. The zero-order valence-corrected chi connectivity index (χ0v) is 19.9. The summed E-state index contributed by atoms with van der Waals surface area (Å²) in [6, 6.07) is 6.57. The second kappa shape index (κ2) is 11.1. The molecule has 10 heteroatoms. The number of rotatable bonds is 6. The average Bonchev–Trinajstić information content (AvgIpc) is 3.13. The number of guanidine groups is 1.